The highest BCUT2D eigenvalue weighted by Crippen LogP contribution is 2.30. The van der Waals surface area contributed by atoms with E-state index >= 15 is 0 Å². The maximum absolute atomic E-state index is 12.9. The largest absolute Gasteiger partial charge is 0.494 e. The highest BCUT2D eigenvalue weighted by Gasteiger charge is 2.22. The molecule has 1 aliphatic heterocycles. The standard InChI is InChI=1S/C23H27N3O3/c1-3-29-20-9-7-19(8-10-20)24-23(27)26-12-11-18-15-25(13-14-28-2)21-6-4-5-17(16-26)22(18)21/h4-10,15H,3,11-14,16H2,1-2H3,(H,24,27). The van der Waals surface area contributed by atoms with Crippen molar-refractivity contribution in [3.8, 4) is 5.75 Å². The van der Waals surface area contributed by atoms with E-state index in [0.29, 0.717) is 26.3 Å². The molecule has 1 aliphatic rings. The Morgan fingerprint density at radius 3 is 2.72 bits per heavy atom. The minimum Gasteiger partial charge on any atom is -0.494 e. The smallest absolute Gasteiger partial charge is 0.322 e. The van der Waals surface area contributed by atoms with Crippen molar-refractivity contribution in [3.63, 3.8) is 0 Å². The molecule has 29 heavy (non-hydrogen) atoms. The number of benzene rings is 2. The average Bonchev–Trinajstić information content (AvgIpc) is 2.98. The number of aromatic nitrogens is 1. The zero-order valence-electron chi connectivity index (χ0n) is 17.0. The van der Waals surface area contributed by atoms with Crippen molar-refractivity contribution in [2.75, 3.05) is 32.2 Å². The summed E-state index contributed by atoms with van der Waals surface area (Å²) in [5.41, 5.74) is 4.46. The van der Waals surface area contributed by atoms with Crippen molar-refractivity contribution in [1.29, 1.82) is 0 Å². The lowest BCUT2D eigenvalue weighted by molar-refractivity contribution is 0.188. The van der Waals surface area contributed by atoms with Crippen LogP contribution in [0.2, 0.25) is 0 Å². The first kappa shape index (κ1) is 19.3. The van der Waals surface area contributed by atoms with E-state index in [1.165, 1.54) is 22.0 Å². The second kappa shape index (κ2) is 8.57. The van der Waals surface area contributed by atoms with E-state index in [1.807, 2.05) is 36.1 Å². The zero-order chi connectivity index (χ0) is 20.2. The summed E-state index contributed by atoms with van der Waals surface area (Å²) in [6.07, 6.45) is 3.05. The van der Waals surface area contributed by atoms with Gasteiger partial charge in [0.2, 0.25) is 0 Å². The van der Waals surface area contributed by atoms with E-state index in [-0.39, 0.29) is 6.03 Å². The Morgan fingerprint density at radius 2 is 1.97 bits per heavy atom. The number of nitrogens with zero attached hydrogens (tertiary/aromatic N) is 2. The number of hydrogen-bond acceptors (Lipinski definition) is 3. The van der Waals surface area contributed by atoms with Gasteiger partial charge >= 0.3 is 6.03 Å². The highest BCUT2D eigenvalue weighted by molar-refractivity contribution is 5.92. The van der Waals surface area contributed by atoms with Crippen molar-refractivity contribution in [2.24, 2.45) is 0 Å². The Hall–Kier alpha value is -2.99. The molecule has 0 saturated heterocycles. The molecule has 6 heteroatoms. The Kier molecular flexibility index (Phi) is 5.71. The fraction of sp³-hybridized carbons (Fsp3) is 0.348. The van der Waals surface area contributed by atoms with Crippen molar-refractivity contribution in [1.82, 2.24) is 9.47 Å². The molecule has 0 spiro atoms. The number of carbonyl (C=O) groups excluding carboxylic acids is 1. The Bertz CT molecular complexity index is 995. The predicted molar refractivity (Wildman–Crippen MR) is 115 cm³/mol. The predicted octanol–water partition coefficient (Wildman–Crippen LogP) is 4.28. The maximum atomic E-state index is 12.9. The fourth-order valence-corrected chi connectivity index (χ4v) is 3.93. The Labute approximate surface area is 171 Å². The lowest BCUT2D eigenvalue weighted by atomic mass is 10.1. The van der Waals surface area contributed by atoms with Crippen LogP contribution in [0.15, 0.2) is 48.7 Å². The van der Waals surface area contributed by atoms with Crippen molar-refractivity contribution in [3.05, 3.63) is 59.8 Å². The first-order chi connectivity index (χ1) is 14.2. The van der Waals surface area contributed by atoms with Crippen molar-refractivity contribution < 1.29 is 14.3 Å². The molecule has 0 saturated carbocycles. The summed E-state index contributed by atoms with van der Waals surface area (Å²) in [5, 5.41) is 4.29. The van der Waals surface area contributed by atoms with Gasteiger partial charge in [0.25, 0.3) is 0 Å². The Balaban J connectivity index is 1.51. The highest BCUT2D eigenvalue weighted by atomic mass is 16.5. The molecule has 0 bridgehead atoms. The van der Waals surface area contributed by atoms with Gasteiger partial charge in [-0.05, 0) is 54.8 Å². The molecule has 0 radical (unpaired) electrons. The van der Waals surface area contributed by atoms with Gasteiger partial charge in [-0.1, -0.05) is 12.1 Å². The second-order valence-corrected chi connectivity index (χ2v) is 7.21. The van der Waals surface area contributed by atoms with Crippen LogP contribution in [-0.4, -0.2) is 42.4 Å². The Morgan fingerprint density at radius 1 is 1.14 bits per heavy atom. The van der Waals surface area contributed by atoms with Gasteiger partial charge in [-0.25, -0.2) is 4.79 Å². The molecule has 4 rings (SSSR count). The zero-order valence-corrected chi connectivity index (χ0v) is 17.0. The van der Waals surface area contributed by atoms with E-state index in [1.54, 1.807) is 7.11 Å². The van der Waals surface area contributed by atoms with Crippen LogP contribution >= 0.6 is 0 Å². The van der Waals surface area contributed by atoms with Gasteiger partial charge in [0.05, 0.1) is 13.2 Å². The van der Waals surface area contributed by atoms with E-state index in [4.69, 9.17) is 9.47 Å². The first-order valence-corrected chi connectivity index (χ1v) is 10.1. The molecule has 152 valence electrons. The second-order valence-electron chi connectivity index (χ2n) is 7.21. The van der Waals surface area contributed by atoms with E-state index < -0.39 is 0 Å². The van der Waals surface area contributed by atoms with Crippen molar-refractivity contribution in [2.45, 2.75) is 26.4 Å². The van der Waals surface area contributed by atoms with Gasteiger partial charge in [-0.3, -0.25) is 0 Å². The summed E-state index contributed by atoms with van der Waals surface area (Å²) in [5.74, 6) is 0.802. The minimum atomic E-state index is -0.0800. The first-order valence-electron chi connectivity index (χ1n) is 10.1. The number of nitrogens with one attached hydrogen (secondary N) is 1. The lowest BCUT2D eigenvalue weighted by Crippen LogP contribution is -2.35. The van der Waals surface area contributed by atoms with Crippen LogP contribution in [0.4, 0.5) is 10.5 Å². The van der Waals surface area contributed by atoms with Gasteiger partial charge in [-0.2, -0.15) is 0 Å². The number of amides is 2. The summed E-state index contributed by atoms with van der Waals surface area (Å²) in [6.45, 7) is 5.37. The van der Waals surface area contributed by atoms with Crippen molar-refractivity contribution >= 4 is 22.6 Å². The third-order valence-electron chi connectivity index (χ3n) is 5.32. The molecule has 0 fully saturated rings. The summed E-state index contributed by atoms with van der Waals surface area (Å²) in [7, 11) is 1.72. The molecule has 1 N–H and O–H groups in total. The molecule has 0 atom stereocenters. The van der Waals surface area contributed by atoms with Crippen LogP contribution in [0.1, 0.15) is 18.1 Å². The van der Waals surface area contributed by atoms with Crippen LogP contribution in [0.25, 0.3) is 10.9 Å². The lowest BCUT2D eigenvalue weighted by Gasteiger charge is -2.22. The van der Waals surface area contributed by atoms with Gasteiger partial charge in [-0.15, -0.1) is 0 Å². The molecule has 0 unspecified atom stereocenters. The number of hydrogen-bond donors (Lipinski definition) is 1. The molecule has 1 aromatic heterocycles. The molecular weight excluding hydrogens is 366 g/mol. The van der Waals surface area contributed by atoms with Crippen LogP contribution in [0, 0.1) is 0 Å². The number of ether oxygens (including phenoxy) is 2. The summed E-state index contributed by atoms with van der Waals surface area (Å²) in [4.78, 5) is 14.8. The molecule has 3 aromatic rings. The molecule has 6 nitrogen and oxygen atoms in total. The summed E-state index contributed by atoms with van der Waals surface area (Å²) < 4.78 is 13.0. The topological polar surface area (TPSA) is 55.7 Å². The van der Waals surface area contributed by atoms with Gasteiger partial charge in [0.15, 0.2) is 0 Å². The van der Waals surface area contributed by atoms with E-state index in [9.17, 15) is 4.79 Å². The third-order valence-corrected chi connectivity index (χ3v) is 5.32. The van der Waals surface area contributed by atoms with E-state index in [2.05, 4.69) is 34.3 Å². The molecule has 2 amide bonds. The monoisotopic (exact) mass is 393 g/mol. The van der Waals surface area contributed by atoms with Crippen LogP contribution in [0.5, 0.6) is 5.75 Å². The molecule has 2 heterocycles. The van der Waals surface area contributed by atoms with Crippen LogP contribution in [0.3, 0.4) is 0 Å². The third kappa shape index (κ3) is 4.07. The SMILES string of the molecule is CCOc1ccc(NC(=O)N2CCc3cn(CCOC)c4cccc(c34)C2)cc1. The quantitative estimate of drug-likeness (QED) is 0.680. The summed E-state index contributed by atoms with van der Waals surface area (Å²) in [6, 6.07) is 13.7. The molecule has 0 aliphatic carbocycles. The number of rotatable bonds is 6. The van der Waals surface area contributed by atoms with Gasteiger partial charge in [0.1, 0.15) is 5.75 Å². The summed E-state index contributed by atoms with van der Waals surface area (Å²) >= 11 is 0. The number of urea groups is 1. The van der Waals surface area contributed by atoms with Gasteiger partial charge < -0.3 is 24.3 Å². The number of carbonyl (C=O) groups is 1. The number of anilines is 1. The fourth-order valence-electron chi connectivity index (χ4n) is 3.93. The van der Waals surface area contributed by atoms with Gasteiger partial charge in [0, 0.05) is 49.5 Å². The number of methoxy groups -OCH3 is 1. The van der Waals surface area contributed by atoms with E-state index in [0.717, 1.165) is 24.4 Å². The van der Waals surface area contributed by atoms with Crippen LogP contribution < -0.4 is 10.1 Å². The minimum absolute atomic E-state index is 0.0800. The molecular formula is C23H27N3O3. The van der Waals surface area contributed by atoms with Crippen LogP contribution in [-0.2, 0) is 24.2 Å². The normalized spacial score (nSPS) is 13.4. The maximum Gasteiger partial charge on any atom is 0.322 e. The molecule has 2 aromatic carbocycles. The average molecular weight is 393 g/mol.